The van der Waals surface area contributed by atoms with E-state index in [0.717, 1.165) is 42.6 Å². The van der Waals surface area contributed by atoms with Crippen LogP contribution in [0, 0.1) is 18.8 Å². The van der Waals surface area contributed by atoms with E-state index in [-0.39, 0.29) is 0 Å². The molecule has 1 nitrogen and oxygen atoms in total. The summed E-state index contributed by atoms with van der Waals surface area (Å²) < 4.78 is 5.90. The number of aryl methyl sites for hydroxylation is 2. The van der Waals surface area contributed by atoms with Crippen LogP contribution in [0.2, 0.25) is 0 Å². The van der Waals surface area contributed by atoms with E-state index in [1.165, 1.54) is 30.4 Å². The molecule has 0 saturated heterocycles. The summed E-state index contributed by atoms with van der Waals surface area (Å²) in [4.78, 5) is 0. The van der Waals surface area contributed by atoms with E-state index in [0.29, 0.717) is 0 Å². The lowest BCUT2D eigenvalue weighted by Crippen LogP contribution is -2.05. The third-order valence-corrected chi connectivity index (χ3v) is 5.30. The molecule has 1 aromatic carbocycles. The number of rotatable bonds is 4. The summed E-state index contributed by atoms with van der Waals surface area (Å²) in [7, 11) is 0. The lowest BCUT2D eigenvalue weighted by atomic mass is 9.86. The van der Waals surface area contributed by atoms with Crippen LogP contribution >= 0.6 is 0 Å². The Labute approximate surface area is 188 Å². The van der Waals surface area contributed by atoms with Gasteiger partial charge in [0.15, 0.2) is 0 Å². The second-order valence-electron chi connectivity index (χ2n) is 7.95. The van der Waals surface area contributed by atoms with Crippen LogP contribution in [0.3, 0.4) is 0 Å². The average Bonchev–Trinajstić information content (AvgIpc) is 2.79. The topological polar surface area (TPSA) is 9.23 Å². The minimum absolute atomic E-state index is 0.785. The number of hydrogen-bond acceptors (Lipinski definition) is 1. The van der Waals surface area contributed by atoms with E-state index in [9.17, 15) is 0 Å². The van der Waals surface area contributed by atoms with Gasteiger partial charge >= 0.3 is 0 Å². The number of benzene rings is 1. The first kappa shape index (κ1) is 28.2. The van der Waals surface area contributed by atoms with Crippen LogP contribution in [0.4, 0.5) is 0 Å². The second kappa shape index (κ2) is 17.0. The normalized spacial score (nSPS) is 17.2. The predicted molar refractivity (Wildman–Crippen MR) is 136 cm³/mol. The lowest BCUT2D eigenvalue weighted by Gasteiger charge is -2.20. The van der Waals surface area contributed by atoms with E-state index < -0.39 is 0 Å². The van der Waals surface area contributed by atoms with Crippen molar-refractivity contribution in [3.05, 3.63) is 65.0 Å². The van der Waals surface area contributed by atoms with Gasteiger partial charge in [0.2, 0.25) is 0 Å². The summed E-state index contributed by atoms with van der Waals surface area (Å²) in [6, 6.07) is 6.42. The molecule has 30 heavy (non-hydrogen) atoms. The summed E-state index contributed by atoms with van der Waals surface area (Å²) in [5.41, 5.74) is 4.19. The first-order valence-corrected chi connectivity index (χ1v) is 12.3. The van der Waals surface area contributed by atoms with Gasteiger partial charge in [-0.25, -0.2) is 0 Å². The van der Waals surface area contributed by atoms with E-state index >= 15 is 0 Å². The molecular formula is C29H48O. The predicted octanol–water partition coefficient (Wildman–Crippen LogP) is 9.61. The molecule has 2 aliphatic rings. The zero-order valence-electron chi connectivity index (χ0n) is 21.3. The number of allylic oxidation sites excluding steroid dienone is 5. The highest BCUT2D eigenvalue weighted by Crippen LogP contribution is 2.27. The molecule has 0 spiro atoms. The highest BCUT2D eigenvalue weighted by Gasteiger charge is 2.11. The lowest BCUT2D eigenvalue weighted by molar-refractivity contribution is 0.435. The van der Waals surface area contributed by atoms with Gasteiger partial charge in [-0.3, -0.25) is 0 Å². The standard InChI is InChI=1S/C15H18O.C10H18.2C2H6/c1-3-13-10-9-12(2)15(11-13)16-14-7-5-4-6-8-14;1-8(2)10-6-4-9(3)5-7-10;2*1-2/h5,7-11H,3-4,6H2,1-2H3;6,8-9H,4-5,7H2,1-3H3;2*1-2H3. The van der Waals surface area contributed by atoms with Crippen molar-refractivity contribution in [2.45, 2.75) is 101 Å². The van der Waals surface area contributed by atoms with Gasteiger partial charge in [0.25, 0.3) is 0 Å². The molecule has 0 amide bonds. The molecule has 1 atom stereocenters. The summed E-state index contributed by atoms with van der Waals surface area (Å²) in [5.74, 6) is 3.68. The number of ether oxygens (including phenoxy) is 1. The molecular weight excluding hydrogens is 364 g/mol. The van der Waals surface area contributed by atoms with Crippen molar-refractivity contribution >= 4 is 0 Å². The maximum Gasteiger partial charge on any atom is 0.130 e. The van der Waals surface area contributed by atoms with Gasteiger partial charge in [0, 0.05) is 0 Å². The molecule has 2 aliphatic carbocycles. The van der Waals surface area contributed by atoms with E-state index in [2.05, 4.69) is 77.1 Å². The fourth-order valence-electron chi connectivity index (χ4n) is 3.28. The molecule has 0 aromatic heterocycles. The van der Waals surface area contributed by atoms with Crippen LogP contribution in [0.25, 0.3) is 0 Å². The Balaban J connectivity index is 0.000000518. The van der Waals surface area contributed by atoms with Crippen LogP contribution in [0.15, 0.2) is 53.8 Å². The maximum absolute atomic E-state index is 5.90. The van der Waals surface area contributed by atoms with Crippen molar-refractivity contribution < 1.29 is 4.74 Å². The minimum atomic E-state index is 0.785. The van der Waals surface area contributed by atoms with Gasteiger partial charge < -0.3 is 4.74 Å². The van der Waals surface area contributed by atoms with Crippen LogP contribution in [0.5, 0.6) is 5.75 Å². The maximum atomic E-state index is 5.90. The SMILES string of the molecule is CC.CC.CC1CC=C(C(C)C)CC1.CCc1ccc(C)c(OC2=CCCC=C2)c1. The zero-order chi connectivity index (χ0) is 22.9. The summed E-state index contributed by atoms with van der Waals surface area (Å²) in [6.07, 6.45) is 16.1. The van der Waals surface area contributed by atoms with Crippen molar-refractivity contribution in [2.24, 2.45) is 11.8 Å². The van der Waals surface area contributed by atoms with Crippen LogP contribution in [-0.2, 0) is 6.42 Å². The molecule has 1 aromatic rings. The summed E-state index contributed by atoms with van der Waals surface area (Å²) >= 11 is 0. The van der Waals surface area contributed by atoms with Gasteiger partial charge in [0.1, 0.15) is 11.5 Å². The highest BCUT2D eigenvalue weighted by molar-refractivity contribution is 5.38. The Morgan fingerprint density at radius 3 is 2.23 bits per heavy atom. The largest absolute Gasteiger partial charge is 0.457 e. The van der Waals surface area contributed by atoms with E-state index in [4.69, 9.17) is 4.74 Å². The first-order chi connectivity index (χ1) is 14.5. The first-order valence-electron chi connectivity index (χ1n) is 12.3. The average molecular weight is 413 g/mol. The third kappa shape index (κ3) is 10.9. The molecule has 0 heterocycles. The molecule has 0 fully saturated rings. The van der Waals surface area contributed by atoms with Crippen molar-refractivity contribution in [1.29, 1.82) is 0 Å². The Hall–Kier alpha value is -1.76. The molecule has 1 heteroatoms. The molecule has 0 aliphatic heterocycles. The molecule has 0 saturated carbocycles. The van der Waals surface area contributed by atoms with Gasteiger partial charge in [-0.05, 0) is 86.6 Å². The Morgan fingerprint density at radius 2 is 1.73 bits per heavy atom. The van der Waals surface area contributed by atoms with Gasteiger partial charge in [-0.2, -0.15) is 0 Å². The van der Waals surface area contributed by atoms with Crippen molar-refractivity contribution in [1.82, 2.24) is 0 Å². The Morgan fingerprint density at radius 1 is 1.03 bits per heavy atom. The fourth-order valence-corrected chi connectivity index (χ4v) is 3.28. The van der Waals surface area contributed by atoms with Gasteiger partial charge in [0.05, 0.1) is 0 Å². The molecule has 0 N–H and O–H groups in total. The van der Waals surface area contributed by atoms with Crippen molar-refractivity contribution in [3.63, 3.8) is 0 Å². The monoisotopic (exact) mass is 412 g/mol. The van der Waals surface area contributed by atoms with E-state index in [1.807, 2.05) is 27.7 Å². The molecule has 170 valence electrons. The minimum Gasteiger partial charge on any atom is -0.457 e. The van der Waals surface area contributed by atoms with Gasteiger partial charge in [-0.15, -0.1) is 0 Å². The molecule has 1 unspecified atom stereocenters. The number of hydrogen-bond donors (Lipinski definition) is 0. The summed E-state index contributed by atoms with van der Waals surface area (Å²) in [6.45, 7) is 19.2. The Kier molecular flexibility index (Phi) is 16.0. The molecule has 0 radical (unpaired) electrons. The molecule has 3 rings (SSSR count). The second-order valence-corrected chi connectivity index (χ2v) is 7.95. The van der Waals surface area contributed by atoms with Crippen molar-refractivity contribution in [3.8, 4) is 5.75 Å². The highest BCUT2D eigenvalue weighted by atomic mass is 16.5. The van der Waals surface area contributed by atoms with Gasteiger partial charge in [-0.1, -0.05) is 85.2 Å². The third-order valence-electron chi connectivity index (χ3n) is 5.30. The van der Waals surface area contributed by atoms with Crippen LogP contribution < -0.4 is 4.74 Å². The fraction of sp³-hybridized carbons (Fsp3) is 0.586. The Bertz CT molecular complexity index is 661. The van der Waals surface area contributed by atoms with Crippen molar-refractivity contribution in [2.75, 3.05) is 0 Å². The quantitative estimate of drug-likeness (QED) is 0.447. The molecule has 0 bridgehead atoms. The van der Waals surface area contributed by atoms with E-state index in [1.54, 1.807) is 5.57 Å². The smallest absolute Gasteiger partial charge is 0.130 e. The van der Waals surface area contributed by atoms with Crippen LogP contribution in [-0.4, -0.2) is 0 Å². The summed E-state index contributed by atoms with van der Waals surface area (Å²) in [5, 5.41) is 0. The van der Waals surface area contributed by atoms with Crippen LogP contribution in [0.1, 0.15) is 98.6 Å². The zero-order valence-corrected chi connectivity index (χ0v) is 21.3.